The molecule has 0 bridgehead atoms. The first kappa shape index (κ1) is 23.6. The second-order valence-electron chi connectivity index (χ2n) is 7.24. The van der Waals surface area contributed by atoms with Crippen molar-refractivity contribution in [3.63, 3.8) is 0 Å². The van der Waals surface area contributed by atoms with Crippen molar-refractivity contribution in [1.29, 1.82) is 0 Å². The molecule has 0 radical (unpaired) electrons. The maximum Gasteiger partial charge on any atom is 0.242 e. The Balaban J connectivity index is 1.85. The van der Waals surface area contributed by atoms with E-state index >= 15 is 0 Å². The highest BCUT2D eigenvalue weighted by Gasteiger charge is 2.26. The summed E-state index contributed by atoms with van der Waals surface area (Å²) in [4.78, 5) is 12.9. The number of aryl methyl sites for hydroxylation is 1. The van der Waals surface area contributed by atoms with E-state index in [2.05, 4.69) is 10.0 Å². The molecule has 3 aromatic rings. The quantitative estimate of drug-likeness (QED) is 0.461. The van der Waals surface area contributed by atoms with Gasteiger partial charge in [0.25, 0.3) is 0 Å². The number of nitrogens with two attached hydrogens (primary N) is 1. The number of benzene rings is 3. The zero-order chi connectivity index (χ0) is 23.4. The molecule has 3 aromatic carbocycles. The molecule has 3 rings (SSSR count). The highest BCUT2D eigenvalue weighted by molar-refractivity contribution is 7.89. The van der Waals surface area contributed by atoms with Crippen LogP contribution >= 0.6 is 0 Å². The summed E-state index contributed by atoms with van der Waals surface area (Å²) in [5.41, 5.74) is 1.98. The highest BCUT2D eigenvalue weighted by atomic mass is 32.2. The lowest BCUT2D eigenvalue weighted by atomic mass is 10.1. The molecule has 0 aliphatic heterocycles. The number of carbonyl (C=O) groups excluding carboxylic acids is 1. The number of anilines is 1. The average molecular weight is 474 g/mol. The molecule has 0 heterocycles. The highest BCUT2D eigenvalue weighted by Crippen LogP contribution is 2.16. The Morgan fingerprint density at radius 2 is 1.41 bits per heavy atom. The Kier molecular flexibility index (Phi) is 7.09. The average Bonchev–Trinajstić information content (AvgIpc) is 2.74. The van der Waals surface area contributed by atoms with Crippen LogP contribution in [0.15, 0.2) is 88.7 Å². The number of amides is 1. The van der Waals surface area contributed by atoms with Crippen LogP contribution in [-0.2, 0) is 31.3 Å². The van der Waals surface area contributed by atoms with Crippen molar-refractivity contribution in [3.05, 3.63) is 90.0 Å². The molecular formula is C22H23N3O5S2. The first-order chi connectivity index (χ1) is 15.0. The van der Waals surface area contributed by atoms with E-state index in [1.807, 2.05) is 13.0 Å². The van der Waals surface area contributed by atoms with Crippen LogP contribution < -0.4 is 15.2 Å². The number of hydrogen-bond acceptors (Lipinski definition) is 5. The minimum atomic E-state index is -3.97. The van der Waals surface area contributed by atoms with Crippen LogP contribution in [0.3, 0.4) is 0 Å². The summed E-state index contributed by atoms with van der Waals surface area (Å²) in [5.74, 6) is -0.590. The van der Waals surface area contributed by atoms with E-state index in [1.54, 1.807) is 36.4 Å². The molecule has 4 N–H and O–H groups in total. The second kappa shape index (κ2) is 9.61. The Bertz CT molecular complexity index is 1290. The van der Waals surface area contributed by atoms with Crippen molar-refractivity contribution in [2.24, 2.45) is 5.14 Å². The summed E-state index contributed by atoms with van der Waals surface area (Å²) in [6, 6.07) is 19.5. The molecule has 0 aliphatic rings. The molecule has 1 amide bonds. The van der Waals surface area contributed by atoms with Gasteiger partial charge in [0, 0.05) is 5.69 Å². The maximum atomic E-state index is 13.0. The lowest BCUT2D eigenvalue weighted by molar-refractivity contribution is -0.117. The lowest BCUT2D eigenvalue weighted by Crippen LogP contribution is -2.45. The van der Waals surface area contributed by atoms with Crippen molar-refractivity contribution in [2.75, 3.05) is 5.32 Å². The number of nitrogens with one attached hydrogen (secondary N) is 2. The van der Waals surface area contributed by atoms with Gasteiger partial charge in [0.1, 0.15) is 6.04 Å². The summed E-state index contributed by atoms with van der Waals surface area (Å²) in [5, 5.41) is 7.71. The van der Waals surface area contributed by atoms with E-state index in [-0.39, 0.29) is 16.2 Å². The summed E-state index contributed by atoms with van der Waals surface area (Å²) in [6.45, 7) is 1.84. The largest absolute Gasteiger partial charge is 0.325 e. The summed E-state index contributed by atoms with van der Waals surface area (Å²) in [6.07, 6.45) is 0.118. The predicted octanol–water partition coefficient (Wildman–Crippen LogP) is 2.17. The van der Waals surface area contributed by atoms with Gasteiger partial charge in [0.15, 0.2) is 0 Å². The van der Waals surface area contributed by atoms with E-state index < -0.39 is 32.0 Å². The third-order valence-electron chi connectivity index (χ3n) is 4.68. The molecular weight excluding hydrogens is 450 g/mol. The topological polar surface area (TPSA) is 135 Å². The minimum absolute atomic E-state index is 0.0477. The molecule has 0 saturated carbocycles. The predicted molar refractivity (Wildman–Crippen MR) is 122 cm³/mol. The fourth-order valence-corrected chi connectivity index (χ4v) is 4.68. The van der Waals surface area contributed by atoms with Gasteiger partial charge in [-0.25, -0.2) is 22.0 Å². The fourth-order valence-electron chi connectivity index (χ4n) is 2.97. The number of primary sulfonamides is 1. The smallest absolute Gasteiger partial charge is 0.242 e. The zero-order valence-electron chi connectivity index (χ0n) is 17.2. The molecule has 32 heavy (non-hydrogen) atoms. The summed E-state index contributed by atoms with van der Waals surface area (Å²) in [7, 11) is -7.83. The second-order valence-corrected chi connectivity index (χ2v) is 10.5. The van der Waals surface area contributed by atoms with Crippen LogP contribution in [0.25, 0.3) is 0 Å². The van der Waals surface area contributed by atoms with Gasteiger partial charge in [-0.1, -0.05) is 48.0 Å². The Labute approximate surface area is 187 Å². The molecule has 0 saturated heterocycles. The maximum absolute atomic E-state index is 13.0. The van der Waals surface area contributed by atoms with Crippen molar-refractivity contribution in [2.45, 2.75) is 29.2 Å². The Morgan fingerprint density at radius 1 is 0.844 bits per heavy atom. The van der Waals surface area contributed by atoms with Gasteiger partial charge in [0.2, 0.25) is 26.0 Å². The fraction of sp³-hybridized carbons (Fsp3) is 0.136. The van der Waals surface area contributed by atoms with Gasteiger partial charge >= 0.3 is 0 Å². The normalized spacial score (nSPS) is 12.8. The van der Waals surface area contributed by atoms with Crippen molar-refractivity contribution in [3.8, 4) is 0 Å². The molecule has 10 heteroatoms. The SMILES string of the molecule is Cc1ccc(S(=O)(=O)N[C@@H](Cc2ccccc2)C(=O)Nc2ccc(S(N)(=O)=O)cc2)cc1. The van der Waals surface area contributed by atoms with Gasteiger partial charge in [-0.05, 0) is 55.3 Å². The molecule has 0 fully saturated rings. The van der Waals surface area contributed by atoms with Crippen LogP contribution in [0.1, 0.15) is 11.1 Å². The molecule has 0 aromatic heterocycles. The molecule has 0 unspecified atom stereocenters. The number of sulfonamides is 2. The molecule has 0 aliphatic carbocycles. The third kappa shape index (κ3) is 6.24. The van der Waals surface area contributed by atoms with Crippen molar-refractivity contribution in [1.82, 2.24) is 4.72 Å². The molecule has 0 spiro atoms. The van der Waals surface area contributed by atoms with E-state index in [0.29, 0.717) is 5.69 Å². The van der Waals surface area contributed by atoms with E-state index in [0.717, 1.165) is 11.1 Å². The number of rotatable bonds is 8. The van der Waals surface area contributed by atoms with Crippen LogP contribution in [0.2, 0.25) is 0 Å². The molecule has 168 valence electrons. The Hall–Kier alpha value is -3.05. The van der Waals surface area contributed by atoms with Crippen molar-refractivity contribution >= 4 is 31.6 Å². The van der Waals surface area contributed by atoms with E-state index in [9.17, 15) is 21.6 Å². The number of hydrogen-bond donors (Lipinski definition) is 3. The summed E-state index contributed by atoms with van der Waals surface area (Å²) >= 11 is 0. The monoisotopic (exact) mass is 473 g/mol. The van der Waals surface area contributed by atoms with E-state index in [4.69, 9.17) is 5.14 Å². The van der Waals surface area contributed by atoms with Gasteiger partial charge in [-0.15, -0.1) is 0 Å². The van der Waals surface area contributed by atoms with Gasteiger partial charge < -0.3 is 5.32 Å². The standard InChI is InChI=1S/C22H23N3O5S2/c1-16-7-11-20(12-8-16)32(29,30)25-21(15-17-5-3-2-4-6-17)22(26)24-18-9-13-19(14-10-18)31(23,27)28/h2-14,21,25H,15H2,1H3,(H,24,26)(H2,23,27,28)/t21-/m0/s1. The third-order valence-corrected chi connectivity index (χ3v) is 7.10. The van der Waals surface area contributed by atoms with Gasteiger partial charge in [-0.2, -0.15) is 4.72 Å². The van der Waals surface area contributed by atoms with Crippen LogP contribution in [0.5, 0.6) is 0 Å². The first-order valence-electron chi connectivity index (χ1n) is 9.61. The summed E-state index contributed by atoms with van der Waals surface area (Å²) < 4.78 is 51.1. The number of carbonyl (C=O) groups is 1. The van der Waals surface area contributed by atoms with Crippen LogP contribution in [0, 0.1) is 6.92 Å². The van der Waals surface area contributed by atoms with Gasteiger partial charge in [0.05, 0.1) is 9.79 Å². The minimum Gasteiger partial charge on any atom is -0.325 e. The van der Waals surface area contributed by atoms with Crippen LogP contribution in [0.4, 0.5) is 5.69 Å². The molecule has 8 nitrogen and oxygen atoms in total. The van der Waals surface area contributed by atoms with E-state index in [1.165, 1.54) is 36.4 Å². The molecule has 1 atom stereocenters. The van der Waals surface area contributed by atoms with Gasteiger partial charge in [-0.3, -0.25) is 4.79 Å². The zero-order valence-corrected chi connectivity index (χ0v) is 18.9. The van der Waals surface area contributed by atoms with Crippen molar-refractivity contribution < 1.29 is 21.6 Å². The first-order valence-corrected chi connectivity index (χ1v) is 12.6. The van der Waals surface area contributed by atoms with Crippen LogP contribution in [-0.4, -0.2) is 28.8 Å². The lowest BCUT2D eigenvalue weighted by Gasteiger charge is -2.19. The Morgan fingerprint density at radius 3 is 1.97 bits per heavy atom.